The van der Waals surface area contributed by atoms with Crippen molar-refractivity contribution in [1.29, 1.82) is 0 Å². The lowest BCUT2D eigenvalue weighted by Crippen LogP contribution is -2.24. The summed E-state index contributed by atoms with van der Waals surface area (Å²) in [6.45, 7) is 8.27. The highest BCUT2D eigenvalue weighted by molar-refractivity contribution is 9.10. The van der Waals surface area contributed by atoms with Crippen LogP contribution in [0, 0.1) is 20.8 Å². The van der Waals surface area contributed by atoms with Gasteiger partial charge in [-0.1, -0.05) is 30.3 Å². The molecule has 0 aliphatic carbocycles. The van der Waals surface area contributed by atoms with Gasteiger partial charge in [-0.2, -0.15) is 10.2 Å². The van der Waals surface area contributed by atoms with Gasteiger partial charge in [0.25, 0.3) is 0 Å². The lowest BCUT2D eigenvalue weighted by molar-refractivity contribution is -0.119. The van der Waals surface area contributed by atoms with E-state index in [4.69, 9.17) is 0 Å². The third-order valence-electron chi connectivity index (χ3n) is 4.44. The fraction of sp³-hybridized carbons (Fsp3) is 0.316. The molecule has 7 heteroatoms. The van der Waals surface area contributed by atoms with Gasteiger partial charge in [-0.25, -0.2) is 0 Å². The second-order valence-corrected chi connectivity index (χ2v) is 7.25. The van der Waals surface area contributed by atoms with Crippen molar-refractivity contribution in [1.82, 2.24) is 19.6 Å². The lowest BCUT2D eigenvalue weighted by atomic mass is 10.2. The highest BCUT2D eigenvalue weighted by atomic mass is 79.9. The van der Waals surface area contributed by atoms with Gasteiger partial charge in [-0.05, 0) is 49.2 Å². The minimum Gasteiger partial charge on any atom is -0.321 e. The van der Waals surface area contributed by atoms with Crippen LogP contribution in [0.3, 0.4) is 0 Å². The minimum absolute atomic E-state index is 0.120. The maximum Gasteiger partial charge on any atom is 0.249 e. The Bertz CT molecular complexity index is 910. The lowest BCUT2D eigenvalue weighted by Gasteiger charge is -2.13. The summed E-state index contributed by atoms with van der Waals surface area (Å²) in [5.74, 6) is -0.120. The predicted octanol–water partition coefficient (Wildman–Crippen LogP) is 4.02. The minimum atomic E-state index is -0.420. The highest BCUT2D eigenvalue weighted by Crippen LogP contribution is 2.23. The molecule has 1 unspecified atom stereocenters. The standard InChI is InChI=1S/C19H22BrN5O/c1-12-17(20)11-25(22-12)15(4)19(26)21-18-13(2)23-24(14(18)3)10-16-8-6-5-7-9-16/h5-9,11,15H,10H2,1-4H3,(H,21,26). The molecule has 0 aliphatic rings. The summed E-state index contributed by atoms with van der Waals surface area (Å²) >= 11 is 3.43. The summed E-state index contributed by atoms with van der Waals surface area (Å²) in [5, 5.41) is 12.0. The SMILES string of the molecule is Cc1nn(C(C)C(=O)Nc2c(C)nn(Cc3ccccc3)c2C)cc1Br. The van der Waals surface area contributed by atoms with Crippen LogP contribution in [-0.2, 0) is 11.3 Å². The second kappa shape index (κ2) is 7.45. The zero-order chi connectivity index (χ0) is 18.8. The Morgan fingerprint density at radius 3 is 2.46 bits per heavy atom. The van der Waals surface area contributed by atoms with E-state index < -0.39 is 6.04 Å². The van der Waals surface area contributed by atoms with Crippen LogP contribution < -0.4 is 5.32 Å². The third-order valence-corrected chi connectivity index (χ3v) is 5.22. The summed E-state index contributed by atoms with van der Waals surface area (Å²) in [6, 6.07) is 9.72. The van der Waals surface area contributed by atoms with E-state index in [1.165, 1.54) is 5.56 Å². The summed E-state index contributed by atoms with van der Waals surface area (Å²) in [5.41, 5.74) is 4.52. The fourth-order valence-corrected chi connectivity index (χ4v) is 3.08. The Balaban J connectivity index is 1.78. The first-order valence-electron chi connectivity index (χ1n) is 8.47. The van der Waals surface area contributed by atoms with Gasteiger partial charge in [-0.15, -0.1) is 0 Å². The molecule has 26 heavy (non-hydrogen) atoms. The first-order valence-corrected chi connectivity index (χ1v) is 9.26. The van der Waals surface area contributed by atoms with E-state index in [1.54, 1.807) is 4.68 Å². The van der Waals surface area contributed by atoms with E-state index in [0.717, 1.165) is 27.2 Å². The smallest absolute Gasteiger partial charge is 0.249 e. The van der Waals surface area contributed by atoms with E-state index >= 15 is 0 Å². The van der Waals surface area contributed by atoms with Crippen molar-refractivity contribution in [3.63, 3.8) is 0 Å². The molecule has 0 aliphatic heterocycles. The Morgan fingerprint density at radius 1 is 1.15 bits per heavy atom. The van der Waals surface area contributed by atoms with Crippen molar-refractivity contribution in [2.75, 3.05) is 5.32 Å². The van der Waals surface area contributed by atoms with Gasteiger partial charge < -0.3 is 5.32 Å². The first kappa shape index (κ1) is 18.4. The topological polar surface area (TPSA) is 64.7 Å². The van der Waals surface area contributed by atoms with Crippen LogP contribution in [0.15, 0.2) is 41.0 Å². The predicted molar refractivity (Wildman–Crippen MR) is 105 cm³/mol. The monoisotopic (exact) mass is 415 g/mol. The van der Waals surface area contributed by atoms with Crippen molar-refractivity contribution in [2.45, 2.75) is 40.3 Å². The van der Waals surface area contributed by atoms with Crippen LogP contribution in [0.5, 0.6) is 0 Å². The van der Waals surface area contributed by atoms with Crippen molar-refractivity contribution < 1.29 is 4.79 Å². The number of hydrogen-bond acceptors (Lipinski definition) is 3. The number of nitrogens with zero attached hydrogens (tertiary/aromatic N) is 4. The maximum atomic E-state index is 12.7. The number of hydrogen-bond donors (Lipinski definition) is 1. The van der Waals surface area contributed by atoms with Crippen LogP contribution in [-0.4, -0.2) is 25.5 Å². The molecule has 6 nitrogen and oxygen atoms in total. The number of anilines is 1. The number of amides is 1. The van der Waals surface area contributed by atoms with E-state index in [-0.39, 0.29) is 5.91 Å². The molecule has 2 aromatic heterocycles. The molecule has 1 amide bonds. The van der Waals surface area contributed by atoms with Crippen LogP contribution in [0.2, 0.25) is 0 Å². The third kappa shape index (κ3) is 3.72. The Morgan fingerprint density at radius 2 is 1.85 bits per heavy atom. The number of aryl methyl sites for hydroxylation is 2. The van der Waals surface area contributed by atoms with Gasteiger partial charge in [0.2, 0.25) is 5.91 Å². The van der Waals surface area contributed by atoms with Crippen molar-refractivity contribution in [3.8, 4) is 0 Å². The van der Waals surface area contributed by atoms with Gasteiger partial charge in [-0.3, -0.25) is 14.2 Å². The molecule has 136 valence electrons. The number of carbonyl (C=O) groups is 1. The van der Waals surface area contributed by atoms with Crippen LogP contribution in [0.1, 0.15) is 35.6 Å². The van der Waals surface area contributed by atoms with Gasteiger partial charge in [0.05, 0.1) is 33.8 Å². The molecular weight excluding hydrogens is 394 g/mol. The zero-order valence-corrected chi connectivity index (χ0v) is 16.9. The number of halogens is 1. The molecule has 1 N–H and O–H groups in total. The number of aromatic nitrogens is 4. The van der Waals surface area contributed by atoms with Crippen molar-refractivity contribution in [3.05, 3.63) is 63.6 Å². The van der Waals surface area contributed by atoms with Crippen LogP contribution in [0.25, 0.3) is 0 Å². The summed E-state index contributed by atoms with van der Waals surface area (Å²) < 4.78 is 4.47. The van der Waals surface area contributed by atoms with Gasteiger partial charge in [0.1, 0.15) is 6.04 Å². The molecule has 1 aromatic carbocycles. The van der Waals surface area contributed by atoms with Crippen molar-refractivity contribution >= 4 is 27.5 Å². The second-order valence-electron chi connectivity index (χ2n) is 6.40. The molecule has 0 spiro atoms. The molecule has 0 saturated heterocycles. The normalized spacial score (nSPS) is 12.2. The van der Waals surface area contributed by atoms with Crippen molar-refractivity contribution in [2.24, 2.45) is 0 Å². The summed E-state index contributed by atoms with van der Waals surface area (Å²) in [7, 11) is 0. The van der Waals surface area contributed by atoms with E-state index in [2.05, 4.69) is 43.6 Å². The first-order chi connectivity index (χ1) is 12.4. The molecule has 3 rings (SSSR count). The molecule has 0 bridgehead atoms. The molecule has 2 heterocycles. The highest BCUT2D eigenvalue weighted by Gasteiger charge is 2.20. The Hall–Kier alpha value is -2.41. The van der Waals surface area contributed by atoms with Crippen LogP contribution >= 0.6 is 15.9 Å². The van der Waals surface area contributed by atoms with E-state index in [0.29, 0.717) is 6.54 Å². The molecule has 0 saturated carbocycles. The molecule has 1 atom stereocenters. The van der Waals surface area contributed by atoms with Gasteiger partial charge in [0.15, 0.2) is 0 Å². The molecule has 3 aromatic rings. The average molecular weight is 416 g/mol. The zero-order valence-electron chi connectivity index (χ0n) is 15.3. The number of rotatable bonds is 5. The van der Waals surface area contributed by atoms with E-state index in [1.807, 2.05) is 56.8 Å². The van der Waals surface area contributed by atoms with Gasteiger partial charge >= 0.3 is 0 Å². The average Bonchev–Trinajstić information content (AvgIpc) is 3.09. The Kier molecular flexibility index (Phi) is 5.27. The van der Waals surface area contributed by atoms with Gasteiger partial charge in [0, 0.05) is 6.20 Å². The summed E-state index contributed by atoms with van der Waals surface area (Å²) in [6.07, 6.45) is 1.82. The molecule has 0 radical (unpaired) electrons. The maximum absolute atomic E-state index is 12.7. The molecular formula is C19H22BrN5O. The number of nitrogens with one attached hydrogen (secondary N) is 1. The van der Waals surface area contributed by atoms with Crippen LogP contribution in [0.4, 0.5) is 5.69 Å². The Labute approximate surface area is 161 Å². The number of carbonyl (C=O) groups excluding carboxylic acids is 1. The summed E-state index contributed by atoms with van der Waals surface area (Å²) in [4.78, 5) is 12.7. The molecule has 0 fully saturated rings. The number of benzene rings is 1. The fourth-order valence-electron chi connectivity index (χ4n) is 2.79. The largest absolute Gasteiger partial charge is 0.321 e. The quantitative estimate of drug-likeness (QED) is 0.684. The van der Waals surface area contributed by atoms with E-state index in [9.17, 15) is 4.79 Å².